The number of nitrogens with one attached hydrogen (secondary N) is 2. The molecule has 0 radical (unpaired) electrons. The third-order valence-electron chi connectivity index (χ3n) is 6.78. The monoisotopic (exact) mass is 439 g/mol. The highest BCUT2D eigenvalue weighted by Crippen LogP contribution is 2.30. The number of carbonyl (C=O) groups is 2. The van der Waals surface area contributed by atoms with Crippen molar-refractivity contribution >= 4 is 17.7 Å². The van der Waals surface area contributed by atoms with Crippen LogP contribution in [0.3, 0.4) is 0 Å². The lowest BCUT2D eigenvalue weighted by molar-refractivity contribution is -0.129. The highest BCUT2D eigenvalue weighted by molar-refractivity contribution is 6.06. The summed E-state index contributed by atoms with van der Waals surface area (Å²) in [6.45, 7) is 5.80. The van der Waals surface area contributed by atoms with Gasteiger partial charge in [-0.2, -0.15) is 0 Å². The highest BCUT2D eigenvalue weighted by Gasteiger charge is 2.35. The maximum absolute atomic E-state index is 12.9. The molecule has 1 amide bonds. The molecule has 0 aromatic heterocycles. The van der Waals surface area contributed by atoms with Crippen LogP contribution in [0.1, 0.15) is 61.0 Å². The number of fused-ring (bicyclic) bond motifs is 1. The van der Waals surface area contributed by atoms with Crippen molar-refractivity contribution in [2.24, 2.45) is 10.4 Å². The molecule has 2 unspecified atom stereocenters. The van der Waals surface area contributed by atoms with E-state index in [9.17, 15) is 9.59 Å². The summed E-state index contributed by atoms with van der Waals surface area (Å²) in [6.07, 6.45) is 6.88. The van der Waals surface area contributed by atoms with Gasteiger partial charge in [-0.05, 0) is 69.0 Å². The second-order valence-corrected chi connectivity index (χ2v) is 9.40. The van der Waals surface area contributed by atoms with Crippen molar-refractivity contribution in [3.05, 3.63) is 46.7 Å². The molecule has 2 atom stereocenters. The van der Waals surface area contributed by atoms with Gasteiger partial charge in [0.1, 0.15) is 17.7 Å². The molecule has 2 aliphatic heterocycles. The largest absolute Gasteiger partial charge is 0.494 e. The predicted octanol–water partition coefficient (Wildman–Crippen LogP) is 2.93. The van der Waals surface area contributed by atoms with Gasteiger partial charge in [0.15, 0.2) is 0 Å². The Morgan fingerprint density at radius 1 is 1.19 bits per heavy atom. The number of rotatable bonds is 4. The van der Waals surface area contributed by atoms with Gasteiger partial charge in [0.25, 0.3) is 0 Å². The Morgan fingerprint density at radius 3 is 2.72 bits per heavy atom. The number of piperidine rings is 1. The quantitative estimate of drug-likeness (QED) is 0.704. The van der Waals surface area contributed by atoms with E-state index >= 15 is 0 Å². The Kier molecular flexibility index (Phi) is 6.65. The molecular formula is C25H33N3O4. The summed E-state index contributed by atoms with van der Waals surface area (Å²) >= 11 is 0. The minimum absolute atomic E-state index is 0.0375. The van der Waals surface area contributed by atoms with Crippen LogP contribution < -0.4 is 10.6 Å². The van der Waals surface area contributed by atoms with E-state index in [1.54, 1.807) is 0 Å². The Morgan fingerprint density at radius 2 is 1.97 bits per heavy atom. The van der Waals surface area contributed by atoms with Crippen LogP contribution >= 0.6 is 0 Å². The Balaban J connectivity index is 1.40. The van der Waals surface area contributed by atoms with Crippen molar-refractivity contribution in [2.45, 2.75) is 64.5 Å². The number of methoxy groups -OCH3 is 1. The van der Waals surface area contributed by atoms with E-state index in [0.29, 0.717) is 11.4 Å². The van der Waals surface area contributed by atoms with Crippen molar-refractivity contribution in [3.63, 3.8) is 0 Å². The molecule has 3 aliphatic rings. The molecule has 1 aromatic rings. The first-order valence-corrected chi connectivity index (χ1v) is 11.5. The number of dihydropyridines is 1. The highest BCUT2D eigenvalue weighted by atomic mass is 16.5. The Labute approximate surface area is 189 Å². The zero-order valence-corrected chi connectivity index (χ0v) is 19.2. The molecule has 1 aliphatic carbocycles. The molecule has 1 saturated heterocycles. The Bertz CT molecular complexity index is 947. The first kappa shape index (κ1) is 22.5. The van der Waals surface area contributed by atoms with Crippen LogP contribution in [0.15, 0.2) is 35.0 Å². The fourth-order valence-electron chi connectivity index (χ4n) is 4.73. The fraction of sp³-hybridized carbons (Fsp3) is 0.560. The maximum atomic E-state index is 12.9. The molecule has 0 saturated carbocycles. The number of aryl methyl sites for hydroxylation is 1. The molecule has 7 heteroatoms. The summed E-state index contributed by atoms with van der Waals surface area (Å²) in [5.74, 6) is 1.20. The van der Waals surface area contributed by atoms with Gasteiger partial charge >= 0.3 is 5.97 Å². The number of carbonyl (C=O) groups excluding carboxylic acids is 2. The van der Waals surface area contributed by atoms with Crippen LogP contribution in [0.4, 0.5) is 0 Å². The number of benzene rings is 1. The minimum Gasteiger partial charge on any atom is -0.494 e. The first-order valence-electron chi connectivity index (χ1n) is 11.5. The van der Waals surface area contributed by atoms with Crippen molar-refractivity contribution in [1.82, 2.24) is 10.6 Å². The van der Waals surface area contributed by atoms with Crippen LogP contribution in [0, 0.1) is 5.41 Å². The van der Waals surface area contributed by atoms with Gasteiger partial charge in [0.2, 0.25) is 5.91 Å². The average Bonchev–Trinajstić information content (AvgIpc) is 2.78. The molecule has 1 fully saturated rings. The van der Waals surface area contributed by atoms with E-state index in [1.165, 1.54) is 18.2 Å². The van der Waals surface area contributed by atoms with Crippen molar-refractivity contribution in [3.8, 4) is 0 Å². The minimum atomic E-state index is -0.362. The summed E-state index contributed by atoms with van der Waals surface area (Å²) in [5, 5.41) is 6.36. The van der Waals surface area contributed by atoms with E-state index < -0.39 is 0 Å². The standard InChI is InChI=1S/C25H33N3O4/c1-16-12-21(15-22(27-16)28-24(30)25(2)8-10-26-11-9-25)32-20-7-6-17-13-19(23(29)31-3)5-4-18(17)14-20/h4-5,13,15-16,20,26H,6-12,14H2,1-3H3,(H,27,28,30). The summed E-state index contributed by atoms with van der Waals surface area (Å²) in [6, 6.07) is 5.81. The van der Waals surface area contributed by atoms with Gasteiger partial charge in [-0.15, -0.1) is 0 Å². The third-order valence-corrected chi connectivity index (χ3v) is 6.78. The summed E-state index contributed by atoms with van der Waals surface area (Å²) < 4.78 is 11.2. The molecule has 7 nitrogen and oxygen atoms in total. The fourth-order valence-corrected chi connectivity index (χ4v) is 4.73. The molecular weight excluding hydrogens is 406 g/mol. The second kappa shape index (κ2) is 9.45. The molecule has 2 N–H and O–H groups in total. The number of hydrogen-bond donors (Lipinski definition) is 2. The SMILES string of the molecule is COC(=O)c1ccc2c(c1)CCC(OC1=CC(NC(=O)C3(C)CCNCC3)=NC(C)C1)C2. The summed E-state index contributed by atoms with van der Waals surface area (Å²) in [7, 11) is 1.40. The van der Waals surface area contributed by atoms with Gasteiger partial charge in [-0.1, -0.05) is 13.0 Å². The number of aliphatic imine (C=N–C) groups is 1. The van der Waals surface area contributed by atoms with Crippen LogP contribution in [0.25, 0.3) is 0 Å². The van der Waals surface area contributed by atoms with E-state index in [0.717, 1.165) is 57.4 Å². The van der Waals surface area contributed by atoms with Gasteiger partial charge in [0.05, 0.1) is 18.7 Å². The van der Waals surface area contributed by atoms with Crippen LogP contribution in [-0.4, -0.2) is 50.1 Å². The van der Waals surface area contributed by atoms with Gasteiger partial charge in [-0.25, -0.2) is 4.79 Å². The normalized spacial score (nSPS) is 24.5. The van der Waals surface area contributed by atoms with E-state index in [4.69, 9.17) is 9.47 Å². The lowest BCUT2D eigenvalue weighted by Crippen LogP contribution is -2.47. The zero-order valence-electron chi connectivity index (χ0n) is 19.2. The molecule has 32 heavy (non-hydrogen) atoms. The first-order chi connectivity index (χ1) is 15.4. The number of ether oxygens (including phenoxy) is 2. The van der Waals surface area contributed by atoms with Gasteiger partial charge in [-0.3, -0.25) is 9.79 Å². The number of esters is 1. The molecule has 0 bridgehead atoms. The van der Waals surface area contributed by atoms with Crippen molar-refractivity contribution in [2.75, 3.05) is 20.2 Å². The van der Waals surface area contributed by atoms with E-state index in [-0.39, 0.29) is 29.4 Å². The predicted molar refractivity (Wildman–Crippen MR) is 123 cm³/mol. The number of amidine groups is 1. The zero-order chi connectivity index (χ0) is 22.7. The van der Waals surface area contributed by atoms with Crippen LogP contribution in [-0.2, 0) is 27.1 Å². The van der Waals surface area contributed by atoms with E-state index in [1.807, 2.05) is 38.1 Å². The topological polar surface area (TPSA) is 89.0 Å². The maximum Gasteiger partial charge on any atom is 0.337 e. The van der Waals surface area contributed by atoms with Crippen molar-refractivity contribution < 1.29 is 19.1 Å². The lowest BCUT2D eigenvalue weighted by atomic mass is 9.80. The van der Waals surface area contributed by atoms with Crippen LogP contribution in [0.5, 0.6) is 0 Å². The molecule has 1 aromatic carbocycles. The molecule has 0 spiro atoms. The van der Waals surface area contributed by atoms with Gasteiger partial charge in [0, 0.05) is 24.3 Å². The molecule has 2 heterocycles. The number of hydrogen-bond acceptors (Lipinski definition) is 6. The summed E-state index contributed by atoms with van der Waals surface area (Å²) in [4.78, 5) is 29.3. The summed E-state index contributed by atoms with van der Waals surface area (Å²) in [5.41, 5.74) is 2.62. The lowest BCUT2D eigenvalue weighted by Gasteiger charge is -2.33. The smallest absolute Gasteiger partial charge is 0.337 e. The molecule has 4 rings (SSSR count). The third kappa shape index (κ3) is 5.04. The average molecular weight is 440 g/mol. The molecule has 172 valence electrons. The number of amides is 1. The van der Waals surface area contributed by atoms with Crippen LogP contribution in [0.2, 0.25) is 0 Å². The van der Waals surface area contributed by atoms with E-state index in [2.05, 4.69) is 15.6 Å². The van der Waals surface area contributed by atoms with Crippen molar-refractivity contribution in [1.29, 1.82) is 0 Å². The van der Waals surface area contributed by atoms with Gasteiger partial charge < -0.3 is 20.1 Å². The Hall–Kier alpha value is -2.67. The second-order valence-electron chi connectivity index (χ2n) is 9.40. The number of nitrogens with zero attached hydrogens (tertiary/aromatic N) is 1.